The average Bonchev–Trinajstić information content (AvgIpc) is 3.46. The zero-order valence-corrected chi connectivity index (χ0v) is 24.3. The molecule has 7 heterocycles. The van der Waals surface area contributed by atoms with Crippen molar-refractivity contribution in [3.8, 4) is 5.75 Å². The molecule has 7 fully saturated rings. The van der Waals surface area contributed by atoms with Gasteiger partial charge in [0.1, 0.15) is 36.3 Å². The molecule has 13 atom stereocenters. The number of halogens is 2. The van der Waals surface area contributed by atoms with E-state index in [1.807, 2.05) is 24.3 Å². The van der Waals surface area contributed by atoms with Crippen molar-refractivity contribution in [2.24, 2.45) is 0 Å². The van der Waals surface area contributed by atoms with E-state index < -0.39 is 30.1 Å². The molecular weight excluding hydrogens is 580 g/mol. The number of ether oxygens (including phenoxy) is 8. The van der Waals surface area contributed by atoms with Crippen LogP contribution in [0.5, 0.6) is 5.75 Å². The predicted octanol–water partition coefficient (Wildman–Crippen LogP) is 4.98. The van der Waals surface area contributed by atoms with Gasteiger partial charge in [0.05, 0.1) is 19.3 Å². The van der Waals surface area contributed by atoms with Crippen LogP contribution in [0.3, 0.4) is 0 Å². The van der Waals surface area contributed by atoms with Crippen LogP contribution in [0.1, 0.15) is 64.2 Å². The number of hydrogen-bond acceptors (Lipinski definition) is 8. The third-order valence-electron chi connectivity index (χ3n) is 9.02. The van der Waals surface area contributed by atoms with Crippen LogP contribution in [0.4, 0.5) is 0 Å². The predicted molar refractivity (Wildman–Crippen MR) is 141 cm³/mol. The Balaban J connectivity index is 1.23. The van der Waals surface area contributed by atoms with E-state index in [4.69, 9.17) is 49.5 Å². The molecule has 0 N–H and O–H groups in total. The van der Waals surface area contributed by atoms with Gasteiger partial charge in [-0.1, -0.05) is 41.9 Å². The summed E-state index contributed by atoms with van der Waals surface area (Å²) in [4.78, 5) is 0.317. The second-order valence-electron chi connectivity index (χ2n) is 11.5. The molecule has 210 valence electrons. The monoisotopic (exact) mass is 614 g/mol. The van der Waals surface area contributed by atoms with Crippen molar-refractivity contribution < 1.29 is 37.9 Å². The highest BCUT2D eigenvalue weighted by molar-refractivity contribution is 9.09. The Morgan fingerprint density at radius 3 is 2.53 bits per heavy atom. The summed E-state index contributed by atoms with van der Waals surface area (Å²) in [6, 6.07) is 7.70. The van der Waals surface area contributed by atoms with Gasteiger partial charge in [0.2, 0.25) is 11.6 Å². The molecule has 8 nitrogen and oxygen atoms in total. The number of fused-ring (bicyclic) bond motifs is 1. The van der Waals surface area contributed by atoms with Crippen LogP contribution in [-0.4, -0.2) is 77.7 Å². The van der Waals surface area contributed by atoms with Crippen LogP contribution in [0, 0.1) is 0 Å². The molecule has 10 heteroatoms. The average molecular weight is 616 g/mol. The maximum Gasteiger partial charge on any atom is 0.233 e. The molecule has 0 aromatic heterocycles. The van der Waals surface area contributed by atoms with Crippen LogP contribution in [0.2, 0.25) is 0 Å². The van der Waals surface area contributed by atoms with Gasteiger partial charge in [-0.2, -0.15) is 0 Å². The minimum Gasteiger partial charge on any atom is -0.497 e. The quantitative estimate of drug-likeness (QED) is 0.379. The number of hydrogen-bond donors (Lipinski definition) is 0. The lowest BCUT2D eigenvalue weighted by Gasteiger charge is -2.47. The second kappa shape index (κ2) is 9.81. The summed E-state index contributed by atoms with van der Waals surface area (Å²) in [5.41, 5.74) is 0.880. The van der Waals surface area contributed by atoms with Crippen molar-refractivity contribution >= 4 is 27.5 Å². The van der Waals surface area contributed by atoms with Gasteiger partial charge in [-0.25, -0.2) is 0 Å². The Bertz CT molecular complexity index is 1030. The molecule has 0 saturated carbocycles. The molecular formula is C28H36BrClO8. The Morgan fingerprint density at radius 1 is 1.00 bits per heavy atom. The van der Waals surface area contributed by atoms with Crippen LogP contribution in [0.25, 0.3) is 0 Å². The molecule has 7 aliphatic heterocycles. The van der Waals surface area contributed by atoms with Crippen molar-refractivity contribution in [3.63, 3.8) is 0 Å². The molecule has 6 bridgehead atoms. The largest absolute Gasteiger partial charge is 0.497 e. The van der Waals surface area contributed by atoms with E-state index in [-0.39, 0.29) is 42.0 Å². The van der Waals surface area contributed by atoms with E-state index in [1.165, 1.54) is 0 Å². The summed E-state index contributed by atoms with van der Waals surface area (Å²) in [5.74, 6) is -1.44. The molecule has 1 aromatic rings. The van der Waals surface area contributed by atoms with Crippen molar-refractivity contribution in [2.45, 2.75) is 129 Å². The second-order valence-corrected chi connectivity index (χ2v) is 13.7. The molecule has 1 aromatic carbocycles. The summed E-state index contributed by atoms with van der Waals surface area (Å²) < 4.78 is 52.5. The highest BCUT2D eigenvalue weighted by atomic mass is 79.9. The summed E-state index contributed by atoms with van der Waals surface area (Å²) in [5, 5.41) is -0.0430. The first-order valence-electron chi connectivity index (χ1n) is 14.0. The van der Waals surface area contributed by atoms with E-state index in [0.717, 1.165) is 37.0 Å². The fourth-order valence-corrected chi connectivity index (χ4v) is 8.27. The number of rotatable bonds is 8. The number of benzene rings is 1. The fourth-order valence-electron chi connectivity index (χ4n) is 7.22. The zero-order valence-electron chi connectivity index (χ0n) is 21.9. The van der Waals surface area contributed by atoms with Gasteiger partial charge in [0.25, 0.3) is 0 Å². The van der Waals surface area contributed by atoms with Crippen molar-refractivity contribution in [1.82, 2.24) is 0 Å². The maximum atomic E-state index is 7.01. The van der Waals surface area contributed by atoms with Gasteiger partial charge in [0, 0.05) is 22.2 Å². The highest BCUT2D eigenvalue weighted by Crippen LogP contribution is 2.64. The van der Waals surface area contributed by atoms with Gasteiger partial charge in [-0.15, -0.1) is 11.6 Å². The van der Waals surface area contributed by atoms with Gasteiger partial charge in [-0.05, 0) is 44.2 Å². The van der Waals surface area contributed by atoms with E-state index >= 15 is 0 Å². The first-order chi connectivity index (χ1) is 18.4. The summed E-state index contributed by atoms with van der Waals surface area (Å²) >= 11 is 10.4. The normalized spacial score (nSPS) is 47.9. The van der Waals surface area contributed by atoms with Crippen molar-refractivity contribution in [1.29, 1.82) is 0 Å². The minimum absolute atomic E-state index is 0.0430. The number of methoxy groups -OCH3 is 1. The van der Waals surface area contributed by atoms with Crippen molar-refractivity contribution in [2.75, 3.05) is 7.11 Å². The first-order valence-corrected chi connectivity index (χ1v) is 15.3. The molecule has 0 aliphatic carbocycles. The minimum atomic E-state index is -1.13. The van der Waals surface area contributed by atoms with Crippen molar-refractivity contribution in [3.05, 3.63) is 29.8 Å². The van der Waals surface area contributed by atoms with Crippen LogP contribution >= 0.6 is 27.5 Å². The first kappa shape index (κ1) is 26.4. The van der Waals surface area contributed by atoms with Gasteiger partial charge < -0.3 is 37.9 Å². The zero-order chi connectivity index (χ0) is 26.2. The lowest BCUT2D eigenvalue weighted by Crippen LogP contribution is -2.62. The number of alkyl halides is 2. The van der Waals surface area contributed by atoms with Gasteiger partial charge in [-0.3, -0.25) is 0 Å². The highest BCUT2D eigenvalue weighted by Gasteiger charge is 2.83. The lowest BCUT2D eigenvalue weighted by atomic mass is 9.86. The summed E-state index contributed by atoms with van der Waals surface area (Å²) in [6.07, 6.45) is 2.13. The third kappa shape index (κ3) is 4.02. The molecule has 0 amide bonds. The third-order valence-corrected chi connectivity index (χ3v) is 9.79. The smallest absolute Gasteiger partial charge is 0.233 e. The van der Waals surface area contributed by atoms with E-state index in [2.05, 4.69) is 29.8 Å². The molecule has 0 radical (unpaired) electrons. The van der Waals surface area contributed by atoms with Gasteiger partial charge >= 0.3 is 0 Å². The Kier molecular flexibility index (Phi) is 6.82. The maximum absolute atomic E-state index is 7.01. The Morgan fingerprint density at radius 2 is 1.79 bits per heavy atom. The summed E-state index contributed by atoms with van der Waals surface area (Å²) in [7, 11) is 1.65. The molecule has 1 spiro atoms. The summed E-state index contributed by atoms with van der Waals surface area (Å²) in [6.45, 7) is 4.26. The van der Waals surface area contributed by atoms with E-state index in [1.54, 1.807) is 7.11 Å². The lowest BCUT2D eigenvalue weighted by molar-refractivity contribution is -0.328. The molecule has 7 aliphatic rings. The van der Waals surface area contributed by atoms with E-state index in [0.29, 0.717) is 17.7 Å². The Hall–Kier alpha value is -0.490. The molecule has 38 heavy (non-hydrogen) atoms. The van der Waals surface area contributed by atoms with Crippen LogP contribution < -0.4 is 4.74 Å². The standard InChI is InChI=1S/C28H36BrClO8/c1-4-17-9-10-19-20(32-17)21-22-23(33-19)24-28(36-22)26(27(35-21,37-24)12-11-16(30)13-14(2)29)34-25(38-28)15-5-7-18(31-3)8-6-15/h5-8,14,16-17,19-26H,4,9-13H2,1-3H3/t14?,16-,17+,19+,20+,21?,22+,23-,24?,25+,26+,27-,28-/m1/s1. The van der Waals surface area contributed by atoms with E-state index in [9.17, 15) is 0 Å². The van der Waals surface area contributed by atoms with Crippen LogP contribution in [0.15, 0.2) is 24.3 Å². The molecule has 8 rings (SSSR count). The topological polar surface area (TPSA) is 73.8 Å². The fraction of sp³-hybridized carbons (Fsp3) is 0.786. The van der Waals surface area contributed by atoms with Gasteiger partial charge in [0.15, 0.2) is 12.4 Å². The van der Waals surface area contributed by atoms with Crippen LogP contribution in [-0.2, 0) is 33.2 Å². The SMILES string of the molecule is CC[C@H]1CC[C@@H]2O[C@H]3C4O[C@@]5(CC[C@@H](Cl)CC(C)Br)OC([C@H]2O1)[C@@H]3O[C@@]41O[C@@H](c2ccc(OC)cc2)O[C@@H]51. The molecule has 7 saturated heterocycles. The molecule has 3 unspecified atom stereocenters. The Labute approximate surface area is 237 Å².